The molecule has 2 heterocycles. The lowest BCUT2D eigenvalue weighted by Crippen LogP contribution is -2.16. The van der Waals surface area contributed by atoms with E-state index in [-0.39, 0.29) is 17.1 Å². The van der Waals surface area contributed by atoms with Crippen LogP contribution in [0.2, 0.25) is 0 Å². The van der Waals surface area contributed by atoms with Gasteiger partial charge in [0.1, 0.15) is 28.8 Å². The molecule has 0 spiro atoms. The lowest BCUT2D eigenvalue weighted by Gasteiger charge is -2.00. The van der Waals surface area contributed by atoms with Crippen molar-refractivity contribution in [2.75, 3.05) is 12.8 Å². The number of methoxy groups -OCH3 is 1. The summed E-state index contributed by atoms with van der Waals surface area (Å²) in [5, 5.41) is 13.5. The van der Waals surface area contributed by atoms with E-state index in [1.165, 1.54) is 6.20 Å². The van der Waals surface area contributed by atoms with E-state index in [0.717, 1.165) is 10.1 Å². The topological polar surface area (TPSA) is 107 Å². The van der Waals surface area contributed by atoms with E-state index >= 15 is 0 Å². The van der Waals surface area contributed by atoms with Gasteiger partial charge in [0.25, 0.3) is 0 Å². The van der Waals surface area contributed by atoms with Crippen LogP contribution in [-0.4, -0.2) is 22.8 Å². The number of aryl methyl sites for hydroxylation is 1. The lowest BCUT2D eigenvalue weighted by atomic mass is 10.1. The molecule has 0 bridgehead atoms. The van der Waals surface area contributed by atoms with E-state index in [2.05, 4.69) is 5.10 Å². The van der Waals surface area contributed by atoms with Crippen molar-refractivity contribution in [2.45, 2.75) is 6.92 Å². The SMILES string of the molecule is COc1ccc2oc(C(=O)n3ncc(C#N)c3N)c(C)c2c1. The zero-order chi connectivity index (χ0) is 15.9. The van der Waals surface area contributed by atoms with Crippen LogP contribution >= 0.6 is 0 Å². The Morgan fingerprint density at radius 2 is 2.27 bits per heavy atom. The Morgan fingerprint density at radius 3 is 2.91 bits per heavy atom. The van der Waals surface area contributed by atoms with Gasteiger partial charge in [0.05, 0.1) is 13.3 Å². The molecule has 0 fully saturated rings. The molecule has 2 aromatic heterocycles. The average Bonchev–Trinajstić information content (AvgIpc) is 3.07. The summed E-state index contributed by atoms with van der Waals surface area (Å²) in [5.74, 6) is 0.264. The minimum atomic E-state index is -0.522. The molecule has 0 aliphatic rings. The van der Waals surface area contributed by atoms with Crippen LogP contribution in [0.4, 0.5) is 5.82 Å². The molecule has 110 valence electrons. The predicted octanol–water partition coefficient (Wildman–Crippen LogP) is 2.09. The number of anilines is 1. The number of nitrogen functional groups attached to an aromatic ring is 1. The first-order valence-electron chi connectivity index (χ1n) is 6.42. The molecular weight excluding hydrogens is 284 g/mol. The molecular formula is C15H12N4O3. The highest BCUT2D eigenvalue weighted by Crippen LogP contribution is 2.29. The number of fused-ring (bicyclic) bond motifs is 1. The van der Waals surface area contributed by atoms with Gasteiger partial charge in [-0.1, -0.05) is 0 Å². The van der Waals surface area contributed by atoms with Crippen molar-refractivity contribution >= 4 is 22.7 Å². The maximum absolute atomic E-state index is 12.5. The minimum absolute atomic E-state index is 0.00932. The largest absolute Gasteiger partial charge is 0.497 e. The van der Waals surface area contributed by atoms with Gasteiger partial charge in [-0.25, -0.2) is 0 Å². The molecule has 0 aliphatic heterocycles. The molecule has 0 atom stereocenters. The molecule has 0 radical (unpaired) electrons. The normalized spacial score (nSPS) is 10.6. The molecule has 1 aromatic carbocycles. The summed E-state index contributed by atoms with van der Waals surface area (Å²) in [6, 6.07) is 7.13. The number of carbonyl (C=O) groups is 1. The molecule has 0 aliphatic carbocycles. The third kappa shape index (κ3) is 1.90. The van der Waals surface area contributed by atoms with Gasteiger partial charge >= 0.3 is 5.91 Å². The second-order valence-electron chi connectivity index (χ2n) is 4.69. The highest BCUT2D eigenvalue weighted by molar-refractivity contribution is 6.01. The van der Waals surface area contributed by atoms with Crippen LogP contribution in [-0.2, 0) is 0 Å². The van der Waals surface area contributed by atoms with E-state index in [9.17, 15) is 4.79 Å². The molecule has 0 saturated carbocycles. The fraction of sp³-hybridized carbons (Fsp3) is 0.133. The summed E-state index contributed by atoms with van der Waals surface area (Å²) < 4.78 is 11.7. The zero-order valence-electron chi connectivity index (χ0n) is 12.0. The summed E-state index contributed by atoms with van der Waals surface area (Å²) in [6.07, 6.45) is 1.24. The van der Waals surface area contributed by atoms with Crippen molar-refractivity contribution in [2.24, 2.45) is 0 Å². The molecule has 0 unspecified atom stereocenters. The number of rotatable bonds is 2. The molecule has 3 rings (SSSR count). The third-order valence-corrected chi connectivity index (χ3v) is 3.46. The second kappa shape index (κ2) is 4.93. The quantitative estimate of drug-likeness (QED) is 0.775. The standard InChI is InChI=1S/C15H12N4O3/c1-8-11-5-10(21-2)3-4-12(11)22-13(8)15(20)19-14(17)9(6-16)7-18-19/h3-5,7H,17H2,1-2H3. The Balaban J connectivity index is 2.13. The third-order valence-electron chi connectivity index (χ3n) is 3.46. The molecule has 7 nitrogen and oxygen atoms in total. The van der Waals surface area contributed by atoms with E-state index in [1.54, 1.807) is 32.2 Å². The van der Waals surface area contributed by atoms with Gasteiger partial charge in [-0.2, -0.15) is 15.0 Å². The van der Waals surface area contributed by atoms with Crippen LogP contribution in [0.3, 0.4) is 0 Å². The molecule has 7 heteroatoms. The van der Waals surface area contributed by atoms with Crippen molar-refractivity contribution in [3.8, 4) is 11.8 Å². The first-order valence-corrected chi connectivity index (χ1v) is 6.42. The molecule has 22 heavy (non-hydrogen) atoms. The highest BCUT2D eigenvalue weighted by atomic mass is 16.5. The number of benzene rings is 1. The summed E-state index contributed by atoms with van der Waals surface area (Å²) in [7, 11) is 1.57. The van der Waals surface area contributed by atoms with Crippen LogP contribution < -0.4 is 10.5 Å². The van der Waals surface area contributed by atoms with Gasteiger partial charge in [-0.05, 0) is 25.1 Å². The number of nitrogens with zero attached hydrogens (tertiary/aromatic N) is 3. The molecule has 3 aromatic rings. The van der Waals surface area contributed by atoms with Crippen LogP contribution in [0.5, 0.6) is 5.75 Å². The Morgan fingerprint density at radius 1 is 1.50 bits per heavy atom. The fourth-order valence-corrected chi connectivity index (χ4v) is 2.23. The smallest absolute Gasteiger partial charge is 0.316 e. The van der Waals surface area contributed by atoms with Crippen molar-refractivity contribution in [3.05, 3.63) is 41.3 Å². The van der Waals surface area contributed by atoms with Gasteiger partial charge in [0, 0.05) is 10.9 Å². The summed E-state index contributed by atoms with van der Waals surface area (Å²) in [6.45, 7) is 1.77. The van der Waals surface area contributed by atoms with Crippen molar-refractivity contribution in [3.63, 3.8) is 0 Å². The number of ether oxygens (including phenoxy) is 1. The van der Waals surface area contributed by atoms with Crippen LogP contribution in [0.15, 0.2) is 28.8 Å². The van der Waals surface area contributed by atoms with Gasteiger partial charge in [0.15, 0.2) is 5.76 Å². The summed E-state index contributed by atoms with van der Waals surface area (Å²) in [4.78, 5) is 12.5. The molecule has 0 amide bonds. The highest BCUT2D eigenvalue weighted by Gasteiger charge is 2.23. The summed E-state index contributed by atoms with van der Waals surface area (Å²) >= 11 is 0. The number of furan rings is 1. The van der Waals surface area contributed by atoms with Gasteiger partial charge in [-0.3, -0.25) is 4.79 Å². The number of hydrogen-bond acceptors (Lipinski definition) is 6. The Kier molecular flexibility index (Phi) is 3.07. The molecule has 0 saturated heterocycles. The number of nitrogens with two attached hydrogens (primary N) is 1. The Bertz CT molecular complexity index is 930. The first-order chi connectivity index (χ1) is 10.6. The lowest BCUT2D eigenvalue weighted by molar-refractivity contribution is 0.0921. The van der Waals surface area contributed by atoms with Crippen molar-refractivity contribution in [1.29, 1.82) is 5.26 Å². The minimum Gasteiger partial charge on any atom is -0.497 e. The maximum Gasteiger partial charge on any atom is 0.316 e. The molecule has 2 N–H and O–H groups in total. The Hall–Kier alpha value is -3.27. The van der Waals surface area contributed by atoms with Crippen molar-refractivity contribution < 1.29 is 13.9 Å². The monoisotopic (exact) mass is 296 g/mol. The predicted molar refractivity (Wildman–Crippen MR) is 78.6 cm³/mol. The van der Waals surface area contributed by atoms with Crippen LogP contribution in [0, 0.1) is 18.3 Å². The number of hydrogen-bond donors (Lipinski definition) is 1. The van der Waals surface area contributed by atoms with Crippen molar-refractivity contribution in [1.82, 2.24) is 9.78 Å². The van der Waals surface area contributed by atoms with Crippen LogP contribution in [0.1, 0.15) is 21.7 Å². The number of aromatic nitrogens is 2. The maximum atomic E-state index is 12.5. The Labute approximate surface area is 125 Å². The average molecular weight is 296 g/mol. The van der Waals surface area contributed by atoms with E-state index in [1.807, 2.05) is 6.07 Å². The van der Waals surface area contributed by atoms with Crippen LogP contribution in [0.25, 0.3) is 11.0 Å². The fourth-order valence-electron chi connectivity index (χ4n) is 2.23. The first kappa shape index (κ1) is 13.7. The zero-order valence-corrected chi connectivity index (χ0v) is 12.0. The van der Waals surface area contributed by atoms with E-state index < -0.39 is 5.91 Å². The summed E-state index contributed by atoms with van der Waals surface area (Å²) in [5.41, 5.74) is 7.10. The second-order valence-corrected chi connectivity index (χ2v) is 4.69. The van der Waals surface area contributed by atoms with Gasteiger partial charge in [-0.15, -0.1) is 0 Å². The number of carbonyl (C=O) groups excluding carboxylic acids is 1. The number of nitriles is 1. The van der Waals surface area contributed by atoms with E-state index in [0.29, 0.717) is 16.9 Å². The van der Waals surface area contributed by atoms with Gasteiger partial charge in [0.2, 0.25) is 0 Å². The van der Waals surface area contributed by atoms with E-state index in [4.69, 9.17) is 20.1 Å². The van der Waals surface area contributed by atoms with Gasteiger partial charge < -0.3 is 14.9 Å².